The summed E-state index contributed by atoms with van der Waals surface area (Å²) in [6.07, 6.45) is -4.06. The average molecular weight is 388 g/mol. The van der Waals surface area contributed by atoms with Gasteiger partial charge in [-0.2, -0.15) is 13.2 Å². The molecule has 0 saturated heterocycles. The van der Waals surface area contributed by atoms with Crippen LogP contribution in [-0.2, 0) is 11.0 Å². The zero-order chi connectivity index (χ0) is 19.2. The summed E-state index contributed by atoms with van der Waals surface area (Å²) in [6.45, 7) is 0.254. The summed E-state index contributed by atoms with van der Waals surface area (Å²) in [6, 6.07) is 9.85. The van der Waals surface area contributed by atoms with E-state index in [1.807, 2.05) is 0 Å². The molecule has 0 atom stereocenters. The van der Waals surface area contributed by atoms with E-state index >= 15 is 0 Å². The Hall–Kier alpha value is -2.41. The van der Waals surface area contributed by atoms with Crippen molar-refractivity contribution in [3.8, 4) is 11.5 Å². The number of rotatable bonds is 7. The molecule has 0 aromatic heterocycles. The lowest BCUT2D eigenvalue weighted by Crippen LogP contribution is -2.14. The molecular formula is C18H17ClF3NO3. The second kappa shape index (κ2) is 8.80. The maximum atomic E-state index is 12.7. The van der Waals surface area contributed by atoms with Crippen LogP contribution < -0.4 is 14.8 Å². The first-order valence-electron chi connectivity index (χ1n) is 7.73. The van der Waals surface area contributed by atoms with E-state index in [1.165, 1.54) is 7.11 Å². The number of hydrogen-bond donors (Lipinski definition) is 1. The van der Waals surface area contributed by atoms with Crippen LogP contribution in [0.4, 0.5) is 18.9 Å². The zero-order valence-corrected chi connectivity index (χ0v) is 14.7. The van der Waals surface area contributed by atoms with E-state index in [0.717, 1.165) is 18.2 Å². The van der Waals surface area contributed by atoms with Gasteiger partial charge < -0.3 is 14.8 Å². The van der Waals surface area contributed by atoms with Crippen molar-refractivity contribution in [2.24, 2.45) is 0 Å². The highest BCUT2D eigenvalue weighted by Crippen LogP contribution is 2.34. The largest absolute Gasteiger partial charge is 0.493 e. The van der Waals surface area contributed by atoms with Crippen molar-refractivity contribution in [2.75, 3.05) is 19.0 Å². The molecule has 0 aliphatic heterocycles. The molecule has 2 aromatic rings. The van der Waals surface area contributed by atoms with Crippen molar-refractivity contribution >= 4 is 23.2 Å². The van der Waals surface area contributed by atoms with E-state index in [4.69, 9.17) is 21.1 Å². The maximum Gasteiger partial charge on any atom is 0.416 e. The van der Waals surface area contributed by atoms with Gasteiger partial charge in [-0.05, 0) is 36.8 Å². The van der Waals surface area contributed by atoms with Crippen LogP contribution in [0.1, 0.15) is 18.4 Å². The van der Waals surface area contributed by atoms with E-state index in [9.17, 15) is 18.0 Å². The predicted molar refractivity (Wildman–Crippen MR) is 92.8 cm³/mol. The van der Waals surface area contributed by atoms with Crippen molar-refractivity contribution in [3.63, 3.8) is 0 Å². The summed E-state index contributed by atoms with van der Waals surface area (Å²) >= 11 is 5.84. The third-order valence-corrected chi connectivity index (χ3v) is 3.77. The van der Waals surface area contributed by atoms with Crippen molar-refractivity contribution in [2.45, 2.75) is 19.0 Å². The molecule has 2 rings (SSSR count). The Balaban J connectivity index is 1.86. The second-order valence-electron chi connectivity index (χ2n) is 5.34. The van der Waals surface area contributed by atoms with Gasteiger partial charge in [0.2, 0.25) is 5.91 Å². The Morgan fingerprint density at radius 2 is 1.85 bits per heavy atom. The zero-order valence-electron chi connectivity index (χ0n) is 13.9. The quantitative estimate of drug-likeness (QED) is 0.667. The van der Waals surface area contributed by atoms with E-state index < -0.39 is 17.6 Å². The van der Waals surface area contributed by atoms with Gasteiger partial charge >= 0.3 is 6.18 Å². The fraction of sp³-hybridized carbons (Fsp3) is 0.278. The van der Waals surface area contributed by atoms with Crippen molar-refractivity contribution in [1.29, 1.82) is 0 Å². The number of anilines is 1. The summed E-state index contributed by atoms with van der Waals surface area (Å²) in [4.78, 5) is 11.9. The number of benzene rings is 2. The summed E-state index contributed by atoms with van der Waals surface area (Å²) in [5, 5.41) is 2.43. The molecule has 0 radical (unpaired) electrons. The van der Waals surface area contributed by atoms with E-state index in [2.05, 4.69) is 5.32 Å². The lowest BCUT2D eigenvalue weighted by Gasteiger charge is -2.12. The first-order chi connectivity index (χ1) is 12.3. The normalized spacial score (nSPS) is 11.1. The van der Waals surface area contributed by atoms with Crippen molar-refractivity contribution < 1.29 is 27.4 Å². The Labute approximate surface area is 153 Å². The number of para-hydroxylation sites is 2. The van der Waals surface area contributed by atoms with Crippen LogP contribution in [0, 0.1) is 0 Å². The van der Waals surface area contributed by atoms with E-state index in [-0.39, 0.29) is 23.7 Å². The smallest absolute Gasteiger partial charge is 0.416 e. The van der Waals surface area contributed by atoms with Gasteiger partial charge in [0.05, 0.1) is 30.0 Å². The van der Waals surface area contributed by atoms with Gasteiger partial charge in [-0.25, -0.2) is 0 Å². The molecule has 26 heavy (non-hydrogen) atoms. The molecule has 1 N–H and O–H groups in total. The second-order valence-corrected chi connectivity index (χ2v) is 5.75. The van der Waals surface area contributed by atoms with Gasteiger partial charge in [-0.3, -0.25) is 4.79 Å². The Morgan fingerprint density at radius 1 is 1.15 bits per heavy atom. The number of alkyl halides is 3. The number of halogens is 4. The Bertz CT molecular complexity index is 766. The molecule has 4 nitrogen and oxygen atoms in total. The maximum absolute atomic E-state index is 12.7. The third-order valence-electron chi connectivity index (χ3n) is 3.44. The molecule has 0 aliphatic carbocycles. The van der Waals surface area contributed by atoms with Crippen LogP contribution in [0.25, 0.3) is 0 Å². The summed E-state index contributed by atoms with van der Waals surface area (Å²) < 4.78 is 48.9. The van der Waals surface area contributed by atoms with E-state index in [1.54, 1.807) is 24.3 Å². The topological polar surface area (TPSA) is 47.6 Å². The minimum absolute atomic E-state index is 0.0385. The van der Waals surface area contributed by atoms with E-state index in [0.29, 0.717) is 17.9 Å². The number of carbonyl (C=O) groups excluding carboxylic acids is 1. The molecule has 0 spiro atoms. The molecule has 0 bridgehead atoms. The monoisotopic (exact) mass is 387 g/mol. The predicted octanol–water partition coefficient (Wildman–Crippen LogP) is 5.17. The SMILES string of the molecule is COc1ccccc1OCCCC(=O)Nc1cc(C(F)(F)F)ccc1Cl. The van der Waals surface area contributed by atoms with Gasteiger partial charge in [0.1, 0.15) is 0 Å². The van der Waals surface area contributed by atoms with Crippen LogP contribution in [0.3, 0.4) is 0 Å². The van der Waals surface area contributed by atoms with Crippen LogP contribution in [0.15, 0.2) is 42.5 Å². The molecular weight excluding hydrogens is 371 g/mol. The number of nitrogens with one attached hydrogen (secondary N) is 1. The molecule has 0 heterocycles. The standard InChI is InChI=1S/C18H17ClF3NO3/c1-25-15-5-2-3-6-16(15)26-10-4-7-17(24)23-14-11-12(18(20,21)22)8-9-13(14)19/h2-3,5-6,8-9,11H,4,7,10H2,1H3,(H,23,24). The Morgan fingerprint density at radius 3 is 2.50 bits per heavy atom. The lowest BCUT2D eigenvalue weighted by atomic mass is 10.2. The van der Waals surface area contributed by atoms with Crippen molar-refractivity contribution in [3.05, 3.63) is 53.1 Å². The number of amides is 1. The molecule has 8 heteroatoms. The highest BCUT2D eigenvalue weighted by molar-refractivity contribution is 6.33. The lowest BCUT2D eigenvalue weighted by molar-refractivity contribution is -0.137. The average Bonchev–Trinajstić information content (AvgIpc) is 2.60. The summed E-state index contributed by atoms with van der Waals surface area (Å²) in [5.74, 6) is 0.680. The molecule has 140 valence electrons. The van der Waals surface area contributed by atoms with Crippen LogP contribution in [0.5, 0.6) is 11.5 Å². The summed E-state index contributed by atoms with van der Waals surface area (Å²) in [5.41, 5.74) is -0.950. The fourth-order valence-corrected chi connectivity index (χ4v) is 2.33. The van der Waals surface area contributed by atoms with Crippen LogP contribution in [-0.4, -0.2) is 19.6 Å². The highest BCUT2D eigenvalue weighted by Gasteiger charge is 2.31. The van der Waals surface area contributed by atoms with Gasteiger partial charge in [0.15, 0.2) is 11.5 Å². The molecule has 0 fully saturated rings. The van der Waals surface area contributed by atoms with Crippen LogP contribution >= 0.6 is 11.6 Å². The minimum atomic E-state index is -4.51. The number of hydrogen-bond acceptors (Lipinski definition) is 3. The minimum Gasteiger partial charge on any atom is -0.493 e. The fourth-order valence-electron chi connectivity index (χ4n) is 2.16. The van der Waals surface area contributed by atoms with Gasteiger partial charge in [-0.15, -0.1) is 0 Å². The van der Waals surface area contributed by atoms with Crippen molar-refractivity contribution in [1.82, 2.24) is 0 Å². The first-order valence-corrected chi connectivity index (χ1v) is 8.11. The number of methoxy groups -OCH3 is 1. The summed E-state index contributed by atoms with van der Waals surface area (Å²) in [7, 11) is 1.52. The third kappa shape index (κ3) is 5.56. The molecule has 2 aromatic carbocycles. The Kier molecular flexibility index (Phi) is 6.74. The number of ether oxygens (including phenoxy) is 2. The first kappa shape index (κ1) is 19.9. The van der Waals surface area contributed by atoms with Gasteiger partial charge in [0.25, 0.3) is 0 Å². The molecule has 1 amide bonds. The van der Waals surface area contributed by atoms with Crippen LogP contribution in [0.2, 0.25) is 5.02 Å². The molecule has 0 saturated carbocycles. The number of carbonyl (C=O) groups is 1. The van der Waals surface area contributed by atoms with Gasteiger partial charge in [-0.1, -0.05) is 23.7 Å². The highest BCUT2D eigenvalue weighted by atomic mass is 35.5. The molecule has 0 unspecified atom stereocenters. The molecule has 0 aliphatic rings. The van der Waals surface area contributed by atoms with Gasteiger partial charge in [0, 0.05) is 6.42 Å².